The van der Waals surface area contributed by atoms with Crippen LogP contribution in [-0.4, -0.2) is 47.5 Å². The second-order valence-electron chi connectivity index (χ2n) is 5.42. The SMILES string of the molecule is CCn1cnnc1CNC(=NC)NCC(C)Oc1ccccc1OC. The van der Waals surface area contributed by atoms with Gasteiger partial charge in [-0.05, 0) is 26.0 Å². The molecule has 0 aliphatic rings. The van der Waals surface area contributed by atoms with Crippen molar-refractivity contribution in [3.8, 4) is 11.5 Å². The monoisotopic (exact) mass is 346 g/mol. The molecule has 25 heavy (non-hydrogen) atoms. The van der Waals surface area contributed by atoms with Crippen LogP contribution in [0.4, 0.5) is 0 Å². The van der Waals surface area contributed by atoms with E-state index in [4.69, 9.17) is 9.47 Å². The fraction of sp³-hybridized carbons (Fsp3) is 0.471. The highest BCUT2D eigenvalue weighted by Gasteiger charge is 2.10. The Bertz CT molecular complexity index is 685. The summed E-state index contributed by atoms with van der Waals surface area (Å²) in [5, 5.41) is 14.5. The maximum Gasteiger partial charge on any atom is 0.191 e. The Morgan fingerprint density at radius 3 is 2.72 bits per heavy atom. The second kappa shape index (κ2) is 9.51. The van der Waals surface area contributed by atoms with Gasteiger partial charge < -0.3 is 24.7 Å². The Hall–Kier alpha value is -2.77. The number of aromatic nitrogens is 3. The lowest BCUT2D eigenvalue weighted by Crippen LogP contribution is -2.41. The predicted octanol–water partition coefficient (Wildman–Crippen LogP) is 1.44. The molecule has 1 aromatic carbocycles. The molecule has 0 amide bonds. The summed E-state index contributed by atoms with van der Waals surface area (Å²) in [7, 11) is 3.36. The quantitative estimate of drug-likeness (QED) is 0.556. The Balaban J connectivity index is 1.82. The number of aliphatic imine (C=N–C) groups is 1. The number of hydrogen-bond donors (Lipinski definition) is 2. The first-order chi connectivity index (χ1) is 12.2. The topological polar surface area (TPSA) is 85.6 Å². The van der Waals surface area contributed by atoms with Crippen LogP contribution in [0.3, 0.4) is 0 Å². The minimum atomic E-state index is -0.0610. The Kier molecular flexibility index (Phi) is 7.06. The first kappa shape index (κ1) is 18.6. The van der Waals surface area contributed by atoms with Crippen LogP contribution in [0.15, 0.2) is 35.6 Å². The Labute approximate surface area is 148 Å². The lowest BCUT2D eigenvalue weighted by molar-refractivity contribution is 0.213. The van der Waals surface area contributed by atoms with E-state index in [2.05, 4.69) is 32.7 Å². The summed E-state index contributed by atoms with van der Waals surface area (Å²) < 4.78 is 13.2. The van der Waals surface area contributed by atoms with Crippen LogP contribution in [0.5, 0.6) is 11.5 Å². The van der Waals surface area contributed by atoms with E-state index in [1.54, 1.807) is 20.5 Å². The molecule has 1 unspecified atom stereocenters. The maximum atomic E-state index is 5.92. The fourth-order valence-electron chi connectivity index (χ4n) is 2.28. The van der Waals surface area contributed by atoms with Gasteiger partial charge >= 0.3 is 0 Å². The van der Waals surface area contributed by atoms with Gasteiger partial charge in [0, 0.05) is 13.6 Å². The fourth-order valence-corrected chi connectivity index (χ4v) is 2.28. The first-order valence-corrected chi connectivity index (χ1v) is 8.28. The van der Waals surface area contributed by atoms with Gasteiger partial charge in [-0.15, -0.1) is 10.2 Å². The van der Waals surface area contributed by atoms with Crippen molar-refractivity contribution in [1.82, 2.24) is 25.4 Å². The van der Waals surface area contributed by atoms with Crippen molar-refractivity contribution in [2.75, 3.05) is 20.7 Å². The van der Waals surface area contributed by atoms with Crippen molar-refractivity contribution < 1.29 is 9.47 Å². The van der Waals surface area contributed by atoms with E-state index in [9.17, 15) is 0 Å². The minimum Gasteiger partial charge on any atom is -0.493 e. The van der Waals surface area contributed by atoms with Crippen LogP contribution in [0.25, 0.3) is 0 Å². The van der Waals surface area contributed by atoms with Crippen molar-refractivity contribution in [3.63, 3.8) is 0 Å². The molecule has 0 fully saturated rings. The molecule has 136 valence electrons. The summed E-state index contributed by atoms with van der Waals surface area (Å²) in [4.78, 5) is 4.21. The number of rotatable bonds is 8. The summed E-state index contributed by atoms with van der Waals surface area (Å²) in [6, 6.07) is 7.59. The van der Waals surface area contributed by atoms with E-state index < -0.39 is 0 Å². The molecule has 0 aliphatic carbocycles. The summed E-state index contributed by atoms with van der Waals surface area (Å²) in [6.07, 6.45) is 1.66. The minimum absolute atomic E-state index is 0.0610. The highest BCUT2D eigenvalue weighted by Crippen LogP contribution is 2.26. The van der Waals surface area contributed by atoms with E-state index in [-0.39, 0.29) is 6.10 Å². The third-order valence-electron chi connectivity index (χ3n) is 3.63. The van der Waals surface area contributed by atoms with E-state index in [0.29, 0.717) is 19.0 Å². The van der Waals surface area contributed by atoms with E-state index >= 15 is 0 Å². The molecule has 0 spiro atoms. The Morgan fingerprint density at radius 2 is 2.04 bits per heavy atom. The summed E-state index contributed by atoms with van der Waals surface area (Å²) >= 11 is 0. The zero-order valence-electron chi connectivity index (χ0n) is 15.2. The zero-order chi connectivity index (χ0) is 18.1. The molecule has 0 radical (unpaired) electrons. The second-order valence-corrected chi connectivity index (χ2v) is 5.42. The van der Waals surface area contributed by atoms with Crippen molar-refractivity contribution in [1.29, 1.82) is 0 Å². The lowest BCUT2D eigenvalue weighted by atomic mass is 10.3. The van der Waals surface area contributed by atoms with Crippen molar-refractivity contribution in [3.05, 3.63) is 36.4 Å². The number of nitrogens with one attached hydrogen (secondary N) is 2. The van der Waals surface area contributed by atoms with Crippen LogP contribution in [0.1, 0.15) is 19.7 Å². The molecule has 0 saturated carbocycles. The van der Waals surface area contributed by atoms with Crippen LogP contribution in [0, 0.1) is 0 Å². The highest BCUT2D eigenvalue weighted by molar-refractivity contribution is 5.79. The van der Waals surface area contributed by atoms with Gasteiger partial charge in [-0.3, -0.25) is 4.99 Å². The molecule has 0 bridgehead atoms. The summed E-state index contributed by atoms with van der Waals surface area (Å²) in [6.45, 7) is 6.02. The van der Waals surface area contributed by atoms with Gasteiger partial charge in [-0.25, -0.2) is 0 Å². The standard InChI is InChI=1S/C17H26N6O2/c1-5-23-12-21-22-16(23)11-20-17(18-3)19-10-13(2)25-15-9-7-6-8-14(15)24-4/h6-9,12-13H,5,10-11H2,1-4H3,(H2,18,19,20). The molecule has 2 rings (SSSR count). The molecular formula is C17H26N6O2. The first-order valence-electron chi connectivity index (χ1n) is 8.28. The molecule has 2 aromatic rings. The molecule has 8 nitrogen and oxygen atoms in total. The zero-order valence-corrected chi connectivity index (χ0v) is 15.2. The molecule has 1 atom stereocenters. The van der Waals surface area contributed by atoms with Crippen molar-refractivity contribution >= 4 is 5.96 Å². The van der Waals surface area contributed by atoms with Gasteiger partial charge in [0.2, 0.25) is 0 Å². The smallest absolute Gasteiger partial charge is 0.191 e. The normalized spacial score (nSPS) is 12.6. The molecular weight excluding hydrogens is 320 g/mol. The average molecular weight is 346 g/mol. The summed E-state index contributed by atoms with van der Waals surface area (Å²) in [5.41, 5.74) is 0. The molecule has 0 aliphatic heterocycles. The number of ether oxygens (including phenoxy) is 2. The van der Waals surface area contributed by atoms with E-state index in [1.807, 2.05) is 35.8 Å². The van der Waals surface area contributed by atoms with Crippen LogP contribution < -0.4 is 20.1 Å². The largest absolute Gasteiger partial charge is 0.493 e. The third kappa shape index (κ3) is 5.37. The third-order valence-corrected chi connectivity index (χ3v) is 3.63. The number of nitrogens with zero attached hydrogens (tertiary/aromatic N) is 4. The van der Waals surface area contributed by atoms with Crippen molar-refractivity contribution in [2.24, 2.45) is 4.99 Å². The average Bonchev–Trinajstić information content (AvgIpc) is 3.10. The van der Waals surface area contributed by atoms with Gasteiger partial charge in [0.15, 0.2) is 23.3 Å². The molecule has 8 heteroatoms. The highest BCUT2D eigenvalue weighted by atomic mass is 16.5. The van der Waals surface area contributed by atoms with Gasteiger partial charge in [0.1, 0.15) is 12.4 Å². The molecule has 0 saturated heterocycles. The maximum absolute atomic E-state index is 5.92. The predicted molar refractivity (Wildman–Crippen MR) is 97.0 cm³/mol. The van der Waals surface area contributed by atoms with Crippen molar-refractivity contribution in [2.45, 2.75) is 33.0 Å². The molecule has 1 aromatic heterocycles. The van der Waals surface area contributed by atoms with Gasteiger partial charge in [-0.1, -0.05) is 12.1 Å². The Morgan fingerprint density at radius 1 is 1.28 bits per heavy atom. The number of hydrogen-bond acceptors (Lipinski definition) is 5. The lowest BCUT2D eigenvalue weighted by Gasteiger charge is -2.19. The molecule has 2 N–H and O–H groups in total. The number of methoxy groups -OCH3 is 1. The molecule has 1 heterocycles. The van der Waals surface area contributed by atoms with Crippen LogP contribution in [-0.2, 0) is 13.1 Å². The number of benzene rings is 1. The van der Waals surface area contributed by atoms with Gasteiger partial charge in [-0.2, -0.15) is 0 Å². The van der Waals surface area contributed by atoms with E-state index in [1.165, 1.54) is 0 Å². The number of aryl methyl sites for hydroxylation is 1. The number of para-hydroxylation sites is 2. The van der Waals surface area contributed by atoms with E-state index in [0.717, 1.165) is 23.9 Å². The summed E-state index contributed by atoms with van der Waals surface area (Å²) in [5.74, 6) is 2.99. The van der Waals surface area contributed by atoms with Crippen LogP contribution in [0.2, 0.25) is 0 Å². The number of guanidine groups is 1. The van der Waals surface area contributed by atoms with Crippen LogP contribution >= 0.6 is 0 Å². The van der Waals surface area contributed by atoms with Gasteiger partial charge in [0.05, 0.1) is 20.2 Å². The van der Waals surface area contributed by atoms with Gasteiger partial charge in [0.25, 0.3) is 0 Å².